The molecule has 1 aromatic rings. The fourth-order valence-electron chi connectivity index (χ4n) is 2.62. The number of likely N-dealkylation sites (tertiary alicyclic amines) is 1. The third kappa shape index (κ3) is 3.35. The molecule has 7 nitrogen and oxygen atoms in total. The van der Waals surface area contributed by atoms with Crippen LogP contribution in [0.15, 0.2) is 24.3 Å². The molecule has 1 aromatic carbocycles. The summed E-state index contributed by atoms with van der Waals surface area (Å²) in [7, 11) is 0. The average molecular weight is 289 g/mol. The van der Waals surface area contributed by atoms with Crippen LogP contribution in [-0.2, 0) is 4.79 Å². The summed E-state index contributed by atoms with van der Waals surface area (Å²) in [5, 5.41) is 29.3. The smallest absolute Gasteiger partial charge is 0.307 e. The quantitative estimate of drug-likeness (QED) is 0.670. The molecule has 2 unspecified atom stereocenters. The first-order valence-corrected chi connectivity index (χ1v) is 6.63. The van der Waals surface area contributed by atoms with Gasteiger partial charge in [0.1, 0.15) is 6.04 Å². The number of nitro groups is 1. The van der Waals surface area contributed by atoms with Gasteiger partial charge in [-0.2, -0.15) is 5.26 Å². The summed E-state index contributed by atoms with van der Waals surface area (Å²) in [4.78, 5) is 23.2. The molecule has 0 aliphatic carbocycles. The molecule has 21 heavy (non-hydrogen) atoms. The van der Waals surface area contributed by atoms with Crippen molar-refractivity contribution in [2.24, 2.45) is 5.92 Å². The fourth-order valence-corrected chi connectivity index (χ4v) is 2.62. The second-order valence-corrected chi connectivity index (χ2v) is 5.06. The Morgan fingerprint density at radius 2 is 2.33 bits per heavy atom. The topological polar surface area (TPSA) is 107 Å². The van der Waals surface area contributed by atoms with E-state index in [1.807, 2.05) is 0 Å². The minimum absolute atomic E-state index is 0.0699. The van der Waals surface area contributed by atoms with Crippen LogP contribution in [0.2, 0.25) is 0 Å². The van der Waals surface area contributed by atoms with Gasteiger partial charge in [0.05, 0.1) is 16.9 Å². The molecule has 0 aromatic heterocycles. The lowest BCUT2D eigenvalue weighted by Gasteiger charge is -2.33. The van der Waals surface area contributed by atoms with Gasteiger partial charge in [-0.15, -0.1) is 0 Å². The van der Waals surface area contributed by atoms with Crippen LogP contribution >= 0.6 is 0 Å². The number of carbonyl (C=O) groups is 1. The minimum atomic E-state index is -0.865. The number of nitriles is 1. The van der Waals surface area contributed by atoms with Crippen LogP contribution in [0.25, 0.3) is 0 Å². The number of piperidine rings is 1. The number of aliphatic carboxylic acids is 1. The predicted molar refractivity (Wildman–Crippen MR) is 73.4 cm³/mol. The molecule has 0 saturated carbocycles. The van der Waals surface area contributed by atoms with Gasteiger partial charge in [0.25, 0.3) is 5.69 Å². The second kappa shape index (κ2) is 6.33. The minimum Gasteiger partial charge on any atom is -0.481 e. The second-order valence-electron chi connectivity index (χ2n) is 5.06. The molecule has 1 N–H and O–H groups in total. The zero-order valence-corrected chi connectivity index (χ0v) is 11.3. The number of carboxylic acids is 1. The van der Waals surface area contributed by atoms with Crippen LogP contribution in [-0.4, -0.2) is 34.0 Å². The largest absolute Gasteiger partial charge is 0.481 e. The first-order chi connectivity index (χ1) is 10.0. The molecule has 2 atom stereocenters. The SMILES string of the molecule is N#CC(c1cccc([N+](=O)[O-])c1)N1CCCC(C(=O)O)C1. The van der Waals surface area contributed by atoms with Crippen molar-refractivity contribution in [3.05, 3.63) is 39.9 Å². The summed E-state index contributed by atoms with van der Waals surface area (Å²) in [6.07, 6.45) is 1.29. The number of hydrogen-bond acceptors (Lipinski definition) is 5. The van der Waals surface area contributed by atoms with Crippen molar-refractivity contribution in [1.82, 2.24) is 4.90 Å². The van der Waals surface area contributed by atoms with Crippen molar-refractivity contribution in [1.29, 1.82) is 5.26 Å². The molecule has 0 spiro atoms. The van der Waals surface area contributed by atoms with E-state index in [9.17, 15) is 20.2 Å². The Morgan fingerprint density at radius 3 is 2.95 bits per heavy atom. The number of hydrogen-bond donors (Lipinski definition) is 1. The third-order valence-electron chi connectivity index (χ3n) is 3.69. The number of carboxylic acid groups (broad SMARTS) is 1. The van der Waals surface area contributed by atoms with E-state index in [1.165, 1.54) is 18.2 Å². The first kappa shape index (κ1) is 14.9. The molecule has 1 saturated heterocycles. The summed E-state index contributed by atoms with van der Waals surface area (Å²) in [5.41, 5.74) is 0.456. The van der Waals surface area contributed by atoms with Crippen LogP contribution < -0.4 is 0 Å². The van der Waals surface area contributed by atoms with Gasteiger partial charge < -0.3 is 5.11 Å². The van der Waals surface area contributed by atoms with E-state index in [1.54, 1.807) is 11.0 Å². The molecule has 0 radical (unpaired) electrons. The zero-order chi connectivity index (χ0) is 15.4. The maximum absolute atomic E-state index is 11.1. The zero-order valence-electron chi connectivity index (χ0n) is 11.3. The normalized spacial score (nSPS) is 20.4. The Bertz CT molecular complexity index is 596. The Labute approximate surface area is 121 Å². The van der Waals surface area contributed by atoms with Crippen molar-refractivity contribution in [2.75, 3.05) is 13.1 Å². The predicted octanol–water partition coefficient (Wildman–Crippen LogP) is 1.96. The van der Waals surface area contributed by atoms with Crippen molar-refractivity contribution in [3.8, 4) is 6.07 Å². The summed E-state index contributed by atoms with van der Waals surface area (Å²) in [5.74, 6) is -1.36. The summed E-state index contributed by atoms with van der Waals surface area (Å²) in [6, 6.07) is 7.40. The van der Waals surface area contributed by atoms with Gasteiger partial charge in [0.2, 0.25) is 0 Å². The molecule has 110 valence electrons. The molecule has 2 rings (SSSR count). The van der Waals surface area contributed by atoms with Crippen LogP contribution in [0, 0.1) is 27.4 Å². The summed E-state index contributed by atoms with van der Waals surface area (Å²) >= 11 is 0. The van der Waals surface area contributed by atoms with Gasteiger partial charge >= 0.3 is 5.97 Å². The highest BCUT2D eigenvalue weighted by molar-refractivity contribution is 5.70. The lowest BCUT2D eigenvalue weighted by atomic mass is 9.95. The molecule has 7 heteroatoms. The Kier molecular flexibility index (Phi) is 4.50. The molecule has 1 aliphatic heterocycles. The number of nitro benzene ring substituents is 1. The van der Waals surface area contributed by atoms with E-state index in [2.05, 4.69) is 6.07 Å². The van der Waals surface area contributed by atoms with Crippen LogP contribution in [0.3, 0.4) is 0 Å². The van der Waals surface area contributed by atoms with Gasteiger partial charge in [-0.05, 0) is 24.9 Å². The lowest BCUT2D eigenvalue weighted by molar-refractivity contribution is -0.384. The molecule has 1 aliphatic rings. The number of rotatable bonds is 4. The third-order valence-corrected chi connectivity index (χ3v) is 3.69. The number of non-ortho nitro benzene ring substituents is 1. The van der Waals surface area contributed by atoms with Crippen molar-refractivity contribution in [3.63, 3.8) is 0 Å². The molecule has 1 heterocycles. The van der Waals surface area contributed by atoms with E-state index in [-0.39, 0.29) is 12.2 Å². The monoisotopic (exact) mass is 289 g/mol. The Balaban J connectivity index is 2.23. The summed E-state index contributed by atoms with van der Waals surface area (Å²) < 4.78 is 0. The van der Waals surface area contributed by atoms with E-state index >= 15 is 0 Å². The molecule has 0 amide bonds. The molecular formula is C14H15N3O4. The van der Waals surface area contributed by atoms with Crippen LogP contribution in [0.5, 0.6) is 0 Å². The molecule has 0 bridgehead atoms. The Hall–Kier alpha value is -2.46. The maximum atomic E-state index is 11.1. The van der Waals surface area contributed by atoms with E-state index in [4.69, 9.17) is 5.11 Å². The van der Waals surface area contributed by atoms with Gasteiger partial charge in [-0.1, -0.05) is 12.1 Å². The van der Waals surface area contributed by atoms with Gasteiger partial charge in [-0.25, -0.2) is 0 Å². The van der Waals surface area contributed by atoms with Crippen LogP contribution in [0.4, 0.5) is 5.69 Å². The lowest BCUT2D eigenvalue weighted by Crippen LogP contribution is -2.40. The highest BCUT2D eigenvalue weighted by Gasteiger charge is 2.30. The van der Waals surface area contributed by atoms with Gasteiger partial charge in [-0.3, -0.25) is 19.8 Å². The Morgan fingerprint density at radius 1 is 1.57 bits per heavy atom. The van der Waals surface area contributed by atoms with Gasteiger partial charge in [0, 0.05) is 18.7 Å². The standard InChI is InChI=1S/C14H15N3O4/c15-8-13(10-3-1-5-12(7-10)17(20)21)16-6-2-4-11(9-16)14(18)19/h1,3,5,7,11,13H,2,4,6,9H2,(H,18,19). The fraction of sp³-hybridized carbons (Fsp3) is 0.429. The number of nitrogens with zero attached hydrogens (tertiary/aromatic N) is 3. The molecule has 1 fully saturated rings. The van der Waals surface area contributed by atoms with Gasteiger partial charge in [0.15, 0.2) is 0 Å². The van der Waals surface area contributed by atoms with Crippen molar-refractivity contribution in [2.45, 2.75) is 18.9 Å². The number of benzene rings is 1. The van der Waals surface area contributed by atoms with Crippen LogP contribution in [0.1, 0.15) is 24.4 Å². The van der Waals surface area contributed by atoms with E-state index < -0.39 is 22.9 Å². The average Bonchev–Trinajstić information content (AvgIpc) is 2.48. The highest BCUT2D eigenvalue weighted by atomic mass is 16.6. The van der Waals surface area contributed by atoms with Crippen molar-refractivity contribution >= 4 is 11.7 Å². The highest BCUT2D eigenvalue weighted by Crippen LogP contribution is 2.28. The summed E-state index contributed by atoms with van der Waals surface area (Å²) in [6.45, 7) is 0.904. The maximum Gasteiger partial charge on any atom is 0.307 e. The first-order valence-electron chi connectivity index (χ1n) is 6.63. The van der Waals surface area contributed by atoms with E-state index in [0.717, 1.165) is 0 Å². The van der Waals surface area contributed by atoms with Crippen molar-refractivity contribution < 1.29 is 14.8 Å². The van der Waals surface area contributed by atoms with E-state index in [0.29, 0.717) is 24.9 Å². The molecular weight excluding hydrogens is 274 g/mol.